The lowest BCUT2D eigenvalue weighted by Gasteiger charge is -2.03. The molecule has 92 valence electrons. The maximum atomic E-state index is 11.7. The van der Waals surface area contributed by atoms with Crippen LogP contribution < -0.4 is 4.87 Å². The molecule has 2 aromatic rings. The molecule has 0 saturated heterocycles. The Labute approximate surface area is 102 Å². The Bertz CT molecular complexity index is 684. The number of fused-ring (bicyclic) bond motifs is 1. The number of thiazole rings is 1. The molecule has 0 aliphatic rings. The van der Waals surface area contributed by atoms with E-state index >= 15 is 0 Å². The van der Waals surface area contributed by atoms with Crippen molar-refractivity contribution < 1.29 is 12.6 Å². The van der Waals surface area contributed by atoms with E-state index in [-0.39, 0.29) is 18.0 Å². The van der Waals surface area contributed by atoms with Crippen LogP contribution in [0.4, 0.5) is 0 Å². The molecule has 1 aromatic heterocycles. The van der Waals surface area contributed by atoms with E-state index < -0.39 is 10.1 Å². The zero-order chi connectivity index (χ0) is 12.5. The highest BCUT2D eigenvalue weighted by Gasteiger charge is 2.08. The molecular formula is C10H11NO4S2. The van der Waals surface area contributed by atoms with E-state index in [1.54, 1.807) is 0 Å². The van der Waals surface area contributed by atoms with Crippen molar-refractivity contribution in [1.82, 2.24) is 4.57 Å². The highest BCUT2D eigenvalue weighted by atomic mass is 32.2. The second-order valence-corrected chi connectivity index (χ2v) is 6.15. The van der Waals surface area contributed by atoms with Gasteiger partial charge in [-0.3, -0.25) is 13.5 Å². The third-order valence-corrected chi connectivity index (χ3v) is 3.74. The summed E-state index contributed by atoms with van der Waals surface area (Å²) in [6.45, 7) is 0.204. The quantitative estimate of drug-likeness (QED) is 0.781. The van der Waals surface area contributed by atoms with Crippen molar-refractivity contribution in [3.8, 4) is 0 Å². The first-order valence-electron chi connectivity index (χ1n) is 4.90. The number of aromatic nitrogens is 1. The molecule has 0 aliphatic carbocycles. The lowest BCUT2D eigenvalue weighted by molar-refractivity contribution is 0.305. The Kier molecular flexibility index (Phi) is 3.32. The number of para-hydroxylation sites is 1. The Hall–Kier alpha value is -1.18. The summed E-state index contributed by atoms with van der Waals surface area (Å²) in [7, 11) is -3.46. The van der Waals surface area contributed by atoms with Gasteiger partial charge >= 0.3 is 4.87 Å². The summed E-state index contributed by atoms with van der Waals surface area (Å²) >= 11 is 1.14. The summed E-state index contributed by atoms with van der Waals surface area (Å²) in [6.07, 6.45) is 0.988. The van der Waals surface area contributed by atoms with Gasteiger partial charge in [0.1, 0.15) is 0 Å². The lowest BCUT2D eigenvalue weighted by atomic mass is 10.3. The van der Waals surface area contributed by atoms with Gasteiger partial charge < -0.3 is 0 Å². The van der Waals surface area contributed by atoms with Crippen LogP contribution in [0.25, 0.3) is 10.2 Å². The molecule has 0 radical (unpaired) electrons. The molecule has 0 atom stereocenters. The van der Waals surface area contributed by atoms with Crippen LogP contribution in [0.5, 0.6) is 0 Å². The van der Waals surface area contributed by atoms with Crippen molar-refractivity contribution in [3.05, 3.63) is 33.9 Å². The molecule has 0 spiro atoms. The van der Waals surface area contributed by atoms with E-state index in [9.17, 15) is 13.2 Å². The average molecular weight is 273 g/mol. The van der Waals surface area contributed by atoms with Gasteiger partial charge in [0.25, 0.3) is 10.1 Å². The fourth-order valence-electron chi connectivity index (χ4n) is 1.51. The molecule has 5 nitrogen and oxygen atoms in total. The van der Waals surface area contributed by atoms with Gasteiger partial charge in [0, 0.05) is 0 Å². The van der Waals surface area contributed by atoms with Crippen LogP contribution in [0.1, 0.15) is 0 Å². The number of nitrogens with zero attached hydrogens (tertiary/aromatic N) is 1. The zero-order valence-corrected chi connectivity index (χ0v) is 10.8. The van der Waals surface area contributed by atoms with Crippen LogP contribution in [0.2, 0.25) is 0 Å². The lowest BCUT2D eigenvalue weighted by Crippen LogP contribution is -2.17. The van der Waals surface area contributed by atoms with Gasteiger partial charge in [-0.15, -0.1) is 0 Å². The summed E-state index contributed by atoms with van der Waals surface area (Å²) < 4.78 is 28.6. The highest BCUT2D eigenvalue weighted by molar-refractivity contribution is 7.85. The fraction of sp³-hybridized carbons (Fsp3) is 0.300. The van der Waals surface area contributed by atoms with E-state index in [0.717, 1.165) is 27.8 Å². The summed E-state index contributed by atoms with van der Waals surface area (Å²) in [5.74, 6) is 0. The number of benzene rings is 1. The molecule has 2 rings (SSSR count). The van der Waals surface area contributed by atoms with Crippen LogP contribution in [0.3, 0.4) is 0 Å². The van der Waals surface area contributed by atoms with Gasteiger partial charge in [-0.05, 0) is 12.1 Å². The van der Waals surface area contributed by atoms with Crippen molar-refractivity contribution in [2.75, 3.05) is 12.9 Å². The smallest absolute Gasteiger partial charge is 0.296 e. The summed E-state index contributed by atoms with van der Waals surface area (Å²) in [5.41, 5.74) is 0.805. The third kappa shape index (κ3) is 2.93. The van der Waals surface area contributed by atoms with E-state index in [0.29, 0.717) is 0 Å². The molecule has 1 aromatic carbocycles. The fourth-order valence-corrected chi connectivity index (χ4v) is 2.80. The molecule has 0 N–H and O–H groups in total. The molecule has 0 saturated carbocycles. The summed E-state index contributed by atoms with van der Waals surface area (Å²) in [4.78, 5) is 11.6. The first-order valence-corrected chi connectivity index (χ1v) is 7.53. The van der Waals surface area contributed by atoms with Crippen LogP contribution in [0.15, 0.2) is 29.1 Å². The van der Waals surface area contributed by atoms with Crippen LogP contribution >= 0.6 is 11.3 Å². The van der Waals surface area contributed by atoms with Crippen molar-refractivity contribution >= 4 is 31.7 Å². The Morgan fingerprint density at radius 2 is 2.06 bits per heavy atom. The minimum atomic E-state index is -3.46. The predicted molar refractivity (Wildman–Crippen MR) is 66.9 cm³/mol. The van der Waals surface area contributed by atoms with Crippen LogP contribution in [-0.2, 0) is 20.8 Å². The molecule has 0 aliphatic heterocycles. The maximum Gasteiger partial charge on any atom is 0.308 e. The second kappa shape index (κ2) is 4.59. The van der Waals surface area contributed by atoms with E-state index in [1.165, 1.54) is 4.57 Å². The Morgan fingerprint density at radius 3 is 2.76 bits per heavy atom. The summed E-state index contributed by atoms with van der Waals surface area (Å²) in [6, 6.07) is 7.38. The molecule has 0 amide bonds. The largest absolute Gasteiger partial charge is 0.308 e. The Morgan fingerprint density at radius 1 is 1.35 bits per heavy atom. The third-order valence-electron chi connectivity index (χ3n) is 2.19. The van der Waals surface area contributed by atoms with Gasteiger partial charge in [-0.1, -0.05) is 23.5 Å². The van der Waals surface area contributed by atoms with Crippen LogP contribution in [0, 0.1) is 0 Å². The van der Waals surface area contributed by atoms with Gasteiger partial charge in [0.05, 0.1) is 29.6 Å². The first-order chi connectivity index (χ1) is 7.97. The van der Waals surface area contributed by atoms with Crippen molar-refractivity contribution in [2.45, 2.75) is 6.54 Å². The van der Waals surface area contributed by atoms with E-state index in [2.05, 4.69) is 4.18 Å². The SMILES string of the molecule is CS(=O)(=O)OCCn1c(=O)sc2ccccc21. The monoisotopic (exact) mass is 273 g/mol. The van der Waals surface area contributed by atoms with E-state index in [4.69, 9.17) is 0 Å². The Balaban J connectivity index is 2.24. The second-order valence-electron chi connectivity index (χ2n) is 3.51. The molecule has 1 heterocycles. The minimum Gasteiger partial charge on any atom is -0.296 e. The topological polar surface area (TPSA) is 65.4 Å². The number of hydrogen-bond donors (Lipinski definition) is 0. The first kappa shape index (κ1) is 12.3. The zero-order valence-electron chi connectivity index (χ0n) is 9.12. The highest BCUT2D eigenvalue weighted by Crippen LogP contribution is 2.16. The minimum absolute atomic E-state index is 0.0283. The number of rotatable bonds is 4. The molecule has 0 fully saturated rings. The molecule has 7 heteroatoms. The van der Waals surface area contributed by atoms with Crippen LogP contribution in [-0.4, -0.2) is 25.8 Å². The maximum absolute atomic E-state index is 11.7. The van der Waals surface area contributed by atoms with E-state index in [1.807, 2.05) is 24.3 Å². The van der Waals surface area contributed by atoms with Gasteiger partial charge in [0.15, 0.2) is 0 Å². The molecule has 17 heavy (non-hydrogen) atoms. The molecule has 0 unspecified atom stereocenters. The number of hydrogen-bond acceptors (Lipinski definition) is 5. The average Bonchev–Trinajstić information content (AvgIpc) is 2.54. The predicted octanol–water partition coefficient (Wildman–Crippen LogP) is 1.04. The molecular weight excluding hydrogens is 262 g/mol. The standard InChI is InChI=1S/C10H11NO4S2/c1-17(13,14)15-7-6-11-8-4-2-3-5-9(8)16-10(11)12/h2-5H,6-7H2,1H3. The normalized spacial score (nSPS) is 12.1. The van der Waals surface area contributed by atoms with Gasteiger partial charge in [-0.25, -0.2) is 0 Å². The molecule has 0 bridgehead atoms. The van der Waals surface area contributed by atoms with Gasteiger partial charge in [-0.2, -0.15) is 8.42 Å². The van der Waals surface area contributed by atoms with Crippen molar-refractivity contribution in [3.63, 3.8) is 0 Å². The van der Waals surface area contributed by atoms with Crippen molar-refractivity contribution in [1.29, 1.82) is 0 Å². The van der Waals surface area contributed by atoms with Crippen molar-refractivity contribution in [2.24, 2.45) is 0 Å². The summed E-state index contributed by atoms with van der Waals surface area (Å²) in [5, 5.41) is 0. The van der Waals surface area contributed by atoms with Gasteiger partial charge in [0.2, 0.25) is 0 Å².